The van der Waals surface area contributed by atoms with Crippen molar-refractivity contribution in [3.8, 4) is 0 Å². The molecule has 0 aliphatic heterocycles. The van der Waals surface area contributed by atoms with Gasteiger partial charge in [0.1, 0.15) is 11.3 Å². The van der Waals surface area contributed by atoms with Crippen molar-refractivity contribution in [2.24, 2.45) is 0 Å². The van der Waals surface area contributed by atoms with Gasteiger partial charge in [0.15, 0.2) is 5.82 Å². The predicted octanol–water partition coefficient (Wildman–Crippen LogP) is 4.64. The second-order valence-corrected chi connectivity index (χ2v) is 6.80. The number of hydrogen-bond donors (Lipinski definition) is 1. The van der Waals surface area contributed by atoms with E-state index in [0.29, 0.717) is 19.0 Å². The summed E-state index contributed by atoms with van der Waals surface area (Å²) in [5.41, 5.74) is 10.1. The molecule has 0 amide bonds. The minimum Gasteiger partial charge on any atom is -0.382 e. The van der Waals surface area contributed by atoms with Crippen LogP contribution in [0.15, 0.2) is 54.6 Å². The van der Waals surface area contributed by atoms with Gasteiger partial charge in [-0.1, -0.05) is 55.5 Å². The van der Waals surface area contributed by atoms with Crippen molar-refractivity contribution in [1.29, 1.82) is 0 Å². The van der Waals surface area contributed by atoms with Gasteiger partial charge in [0.05, 0.1) is 30.3 Å². The third-order valence-electron chi connectivity index (χ3n) is 4.99. The summed E-state index contributed by atoms with van der Waals surface area (Å²) in [4.78, 5) is 9.23. The second-order valence-electron chi connectivity index (χ2n) is 6.80. The number of ether oxygens (including phenoxy) is 1. The number of para-hydroxylation sites is 1. The van der Waals surface area contributed by atoms with E-state index in [4.69, 9.17) is 15.5 Å². The normalized spacial score (nSPS) is 12.7. The molecule has 0 spiro atoms. The smallest absolute Gasteiger partial charge is 0.152 e. The lowest BCUT2D eigenvalue weighted by Crippen LogP contribution is -2.16. The van der Waals surface area contributed by atoms with Gasteiger partial charge >= 0.3 is 0 Å². The number of fused-ring (bicyclic) bond motifs is 3. The number of aryl methyl sites for hydroxylation is 1. The van der Waals surface area contributed by atoms with E-state index in [-0.39, 0.29) is 6.04 Å². The zero-order chi connectivity index (χ0) is 18.8. The number of imidazole rings is 1. The highest BCUT2D eigenvalue weighted by atomic mass is 16.5. The minimum atomic E-state index is 0.184. The molecule has 0 bridgehead atoms. The van der Waals surface area contributed by atoms with E-state index in [1.54, 1.807) is 0 Å². The monoisotopic (exact) mass is 360 g/mol. The standard InChI is InChI=1S/C22H24N4O/c1-3-17(14-27-13-16-9-5-4-6-10-16)26-15(2)24-20-21(26)18-11-7-8-12-19(18)25-22(20)23/h4-12,17H,3,13-14H2,1-2H3,(H2,23,25). The number of anilines is 1. The molecule has 27 heavy (non-hydrogen) atoms. The first-order valence-corrected chi connectivity index (χ1v) is 9.33. The summed E-state index contributed by atoms with van der Waals surface area (Å²) < 4.78 is 8.31. The second kappa shape index (κ2) is 7.37. The molecule has 2 N–H and O–H groups in total. The van der Waals surface area contributed by atoms with Gasteiger partial charge in [0.2, 0.25) is 0 Å². The topological polar surface area (TPSA) is 66.0 Å². The summed E-state index contributed by atoms with van der Waals surface area (Å²) in [5, 5.41) is 1.07. The number of rotatable bonds is 6. The lowest BCUT2D eigenvalue weighted by atomic mass is 10.1. The first-order valence-electron chi connectivity index (χ1n) is 9.33. The Balaban J connectivity index is 1.71. The SMILES string of the molecule is CCC(COCc1ccccc1)n1c(C)nc2c(N)nc3ccccc3c21. The minimum absolute atomic E-state index is 0.184. The van der Waals surface area contributed by atoms with Crippen LogP contribution in [0.5, 0.6) is 0 Å². The van der Waals surface area contributed by atoms with Crippen LogP contribution in [0.2, 0.25) is 0 Å². The van der Waals surface area contributed by atoms with Crippen molar-refractivity contribution in [2.45, 2.75) is 32.9 Å². The molecule has 5 heteroatoms. The van der Waals surface area contributed by atoms with Crippen molar-refractivity contribution < 1.29 is 4.74 Å². The first-order chi connectivity index (χ1) is 13.2. The van der Waals surface area contributed by atoms with Gasteiger partial charge in [-0.25, -0.2) is 9.97 Å². The molecule has 1 unspecified atom stereocenters. The van der Waals surface area contributed by atoms with Crippen LogP contribution >= 0.6 is 0 Å². The molecular weight excluding hydrogens is 336 g/mol. The summed E-state index contributed by atoms with van der Waals surface area (Å²) >= 11 is 0. The van der Waals surface area contributed by atoms with Gasteiger partial charge < -0.3 is 15.0 Å². The lowest BCUT2D eigenvalue weighted by molar-refractivity contribution is 0.0892. The molecule has 4 aromatic rings. The van der Waals surface area contributed by atoms with E-state index < -0.39 is 0 Å². The molecule has 0 fully saturated rings. The van der Waals surface area contributed by atoms with Crippen LogP contribution in [0.25, 0.3) is 21.9 Å². The van der Waals surface area contributed by atoms with Crippen LogP contribution in [0.4, 0.5) is 5.82 Å². The Morgan fingerprint density at radius 3 is 2.56 bits per heavy atom. The molecule has 0 saturated heterocycles. The molecule has 0 saturated carbocycles. The van der Waals surface area contributed by atoms with Crippen molar-refractivity contribution in [1.82, 2.24) is 14.5 Å². The maximum absolute atomic E-state index is 6.20. The number of nitrogens with zero attached hydrogens (tertiary/aromatic N) is 3. The van der Waals surface area contributed by atoms with E-state index in [2.05, 4.69) is 34.7 Å². The van der Waals surface area contributed by atoms with E-state index >= 15 is 0 Å². The number of nitrogens with two attached hydrogens (primary N) is 1. The average molecular weight is 360 g/mol. The fraction of sp³-hybridized carbons (Fsp3) is 0.273. The van der Waals surface area contributed by atoms with Gasteiger partial charge in [-0.2, -0.15) is 0 Å². The molecule has 2 aromatic heterocycles. The molecule has 2 heterocycles. The van der Waals surface area contributed by atoms with Crippen LogP contribution in [0, 0.1) is 6.92 Å². The summed E-state index contributed by atoms with van der Waals surface area (Å²) in [7, 11) is 0. The molecule has 1 atom stereocenters. The fourth-order valence-electron chi connectivity index (χ4n) is 3.64. The maximum atomic E-state index is 6.20. The highest BCUT2D eigenvalue weighted by molar-refractivity contribution is 6.06. The Kier molecular flexibility index (Phi) is 4.77. The number of nitrogen functional groups attached to an aromatic ring is 1. The summed E-state index contributed by atoms with van der Waals surface area (Å²) in [6.07, 6.45) is 0.942. The molecule has 4 rings (SSSR count). The van der Waals surface area contributed by atoms with Crippen LogP contribution in [0.1, 0.15) is 30.8 Å². The third-order valence-corrected chi connectivity index (χ3v) is 4.99. The largest absolute Gasteiger partial charge is 0.382 e. The van der Waals surface area contributed by atoms with Gasteiger partial charge in [0, 0.05) is 5.39 Å². The number of benzene rings is 2. The average Bonchev–Trinajstić information content (AvgIpc) is 3.04. The Labute approximate surface area is 158 Å². The predicted molar refractivity (Wildman–Crippen MR) is 110 cm³/mol. The van der Waals surface area contributed by atoms with E-state index in [1.165, 1.54) is 5.56 Å². The highest BCUT2D eigenvalue weighted by Crippen LogP contribution is 2.31. The van der Waals surface area contributed by atoms with Gasteiger partial charge in [-0.15, -0.1) is 0 Å². The molecular formula is C22H24N4O. The van der Waals surface area contributed by atoms with E-state index in [1.807, 2.05) is 43.3 Å². The van der Waals surface area contributed by atoms with Gasteiger partial charge in [0.25, 0.3) is 0 Å². The number of aromatic nitrogens is 3. The van der Waals surface area contributed by atoms with Gasteiger partial charge in [-0.3, -0.25) is 0 Å². The van der Waals surface area contributed by atoms with Crippen molar-refractivity contribution in [2.75, 3.05) is 12.3 Å². The van der Waals surface area contributed by atoms with E-state index in [0.717, 1.165) is 34.2 Å². The molecule has 5 nitrogen and oxygen atoms in total. The molecule has 2 aromatic carbocycles. The lowest BCUT2D eigenvalue weighted by Gasteiger charge is -2.20. The maximum Gasteiger partial charge on any atom is 0.152 e. The Morgan fingerprint density at radius 2 is 1.78 bits per heavy atom. The highest BCUT2D eigenvalue weighted by Gasteiger charge is 2.20. The zero-order valence-electron chi connectivity index (χ0n) is 15.7. The summed E-state index contributed by atoms with van der Waals surface area (Å²) in [6, 6.07) is 18.5. The van der Waals surface area contributed by atoms with Crippen LogP contribution in [0.3, 0.4) is 0 Å². The summed E-state index contributed by atoms with van der Waals surface area (Å²) in [5.74, 6) is 1.41. The Bertz CT molecular complexity index is 1070. The van der Waals surface area contributed by atoms with Crippen molar-refractivity contribution >= 4 is 27.8 Å². The zero-order valence-corrected chi connectivity index (χ0v) is 15.7. The third kappa shape index (κ3) is 3.26. The number of pyridine rings is 1. The van der Waals surface area contributed by atoms with E-state index in [9.17, 15) is 0 Å². The van der Waals surface area contributed by atoms with Crippen LogP contribution < -0.4 is 5.73 Å². The molecule has 0 radical (unpaired) electrons. The van der Waals surface area contributed by atoms with Crippen LogP contribution in [-0.4, -0.2) is 21.1 Å². The fourth-order valence-corrected chi connectivity index (χ4v) is 3.64. The van der Waals surface area contributed by atoms with Crippen molar-refractivity contribution in [3.63, 3.8) is 0 Å². The van der Waals surface area contributed by atoms with Gasteiger partial charge in [-0.05, 0) is 25.0 Å². The Morgan fingerprint density at radius 1 is 1.04 bits per heavy atom. The van der Waals surface area contributed by atoms with Crippen molar-refractivity contribution in [3.05, 3.63) is 66.0 Å². The molecule has 0 aliphatic rings. The Hall–Kier alpha value is -2.92. The molecule has 138 valence electrons. The quantitative estimate of drug-likeness (QED) is 0.544. The molecule has 0 aliphatic carbocycles. The van der Waals surface area contributed by atoms with Crippen LogP contribution in [-0.2, 0) is 11.3 Å². The first kappa shape index (κ1) is 17.5. The number of hydrogen-bond acceptors (Lipinski definition) is 4. The summed E-state index contributed by atoms with van der Waals surface area (Å²) in [6.45, 7) is 5.42.